The van der Waals surface area contributed by atoms with Crippen LogP contribution in [0.15, 0.2) is 29.8 Å². The van der Waals surface area contributed by atoms with Crippen molar-refractivity contribution in [3.05, 3.63) is 30.5 Å². The van der Waals surface area contributed by atoms with E-state index >= 15 is 0 Å². The second-order valence-electron chi connectivity index (χ2n) is 4.77. The van der Waals surface area contributed by atoms with E-state index in [1.165, 1.54) is 0 Å². The van der Waals surface area contributed by atoms with Gasteiger partial charge < -0.3 is 4.98 Å². The van der Waals surface area contributed by atoms with Crippen LogP contribution in [-0.2, 0) is 11.2 Å². The minimum Gasteiger partial charge on any atom is -0.351 e. The highest BCUT2D eigenvalue weighted by atomic mass is 16.1. The second-order valence-corrected chi connectivity index (χ2v) is 4.77. The van der Waals surface area contributed by atoms with Gasteiger partial charge in [0, 0.05) is 31.0 Å². The van der Waals surface area contributed by atoms with Gasteiger partial charge in [-0.1, -0.05) is 6.08 Å². The lowest BCUT2D eigenvalue weighted by Crippen LogP contribution is -2.37. The van der Waals surface area contributed by atoms with Crippen LogP contribution < -0.4 is 0 Å². The Morgan fingerprint density at radius 2 is 2.35 bits per heavy atom. The topological polar surface area (TPSA) is 58.1 Å². The number of aromatic nitrogens is 2. The summed E-state index contributed by atoms with van der Waals surface area (Å²) in [6.45, 7) is 0. The maximum Gasteiger partial charge on any atom is 0.145 e. The van der Waals surface area contributed by atoms with Crippen LogP contribution in [0.1, 0.15) is 18.5 Å². The number of H-pyrrole nitrogens is 1. The fourth-order valence-corrected chi connectivity index (χ4v) is 2.76. The highest BCUT2D eigenvalue weighted by molar-refractivity contribution is 5.98. The number of carbonyl (C=O) groups excluding carboxylic acids is 1. The zero-order valence-electron chi connectivity index (χ0n) is 9.54. The van der Waals surface area contributed by atoms with Crippen molar-refractivity contribution in [2.24, 2.45) is 22.7 Å². The predicted octanol–water partition coefficient (Wildman–Crippen LogP) is 1.76. The molecule has 4 heteroatoms. The molecule has 0 saturated heterocycles. The molecule has 1 aliphatic heterocycles. The van der Waals surface area contributed by atoms with Crippen molar-refractivity contribution in [1.29, 1.82) is 0 Å². The fraction of sp³-hybridized carbons (Fsp3) is 0.462. The van der Waals surface area contributed by atoms with Crippen molar-refractivity contribution in [3.8, 4) is 0 Å². The van der Waals surface area contributed by atoms with E-state index in [9.17, 15) is 4.79 Å². The Morgan fingerprint density at radius 3 is 3.18 bits per heavy atom. The molecule has 2 aliphatic rings. The number of rotatable bonds is 2. The number of imidazole rings is 1. The maximum atomic E-state index is 12.3. The van der Waals surface area contributed by atoms with Gasteiger partial charge in [-0.05, 0) is 18.8 Å². The van der Waals surface area contributed by atoms with Crippen LogP contribution in [0.2, 0.25) is 0 Å². The number of allylic oxidation sites excluding steroid dienone is 1. The lowest BCUT2D eigenvalue weighted by atomic mass is 9.71. The summed E-state index contributed by atoms with van der Waals surface area (Å²) in [7, 11) is 0. The van der Waals surface area contributed by atoms with E-state index < -0.39 is 0 Å². The van der Waals surface area contributed by atoms with Gasteiger partial charge in [-0.3, -0.25) is 9.79 Å². The zero-order valence-corrected chi connectivity index (χ0v) is 9.54. The summed E-state index contributed by atoms with van der Waals surface area (Å²) < 4.78 is 0. The SMILES string of the molecule is O=C1C(Cc2c[nH]cn2)CCC2C=CN=CC12. The normalized spacial score (nSPS) is 31.5. The minimum absolute atomic E-state index is 0.00214. The highest BCUT2D eigenvalue weighted by Crippen LogP contribution is 2.34. The van der Waals surface area contributed by atoms with Gasteiger partial charge in [0.2, 0.25) is 0 Å². The zero-order chi connectivity index (χ0) is 11.7. The average Bonchev–Trinajstić information content (AvgIpc) is 2.86. The van der Waals surface area contributed by atoms with E-state index in [2.05, 4.69) is 21.0 Å². The Labute approximate surface area is 99.9 Å². The largest absolute Gasteiger partial charge is 0.351 e. The number of hydrogen-bond donors (Lipinski definition) is 1. The maximum absolute atomic E-state index is 12.3. The molecule has 2 heterocycles. The molecule has 88 valence electrons. The third-order valence-electron chi connectivity index (χ3n) is 3.72. The van der Waals surface area contributed by atoms with Gasteiger partial charge in [0.25, 0.3) is 0 Å². The first kappa shape index (κ1) is 10.4. The summed E-state index contributed by atoms with van der Waals surface area (Å²) in [6, 6.07) is 0. The lowest BCUT2D eigenvalue weighted by Gasteiger charge is -2.32. The van der Waals surface area contributed by atoms with Crippen LogP contribution >= 0.6 is 0 Å². The van der Waals surface area contributed by atoms with Gasteiger partial charge in [-0.25, -0.2) is 4.98 Å². The standard InChI is InChI=1S/C13H15N3O/c17-13-10(5-11-6-15-8-16-11)2-1-9-3-4-14-7-12(9)13/h3-4,6-10,12H,1-2,5H2,(H,15,16). The van der Waals surface area contributed by atoms with Gasteiger partial charge in [-0.15, -0.1) is 0 Å². The van der Waals surface area contributed by atoms with Gasteiger partial charge >= 0.3 is 0 Å². The highest BCUT2D eigenvalue weighted by Gasteiger charge is 2.36. The van der Waals surface area contributed by atoms with Crippen molar-refractivity contribution in [3.63, 3.8) is 0 Å². The molecule has 1 N–H and O–H groups in total. The van der Waals surface area contributed by atoms with Crippen LogP contribution in [0.4, 0.5) is 0 Å². The van der Waals surface area contributed by atoms with E-state index in [-0.39, 0.29) is 11.8 Å². The van der Waals surface area contributed by atoms with Crippen LogP contribution in [0, 0.1) is 17.8 Å². The van der Waals surface area contributed by atoms with Crippen LogP contribution in [0.5, 0.6) is 0 Å². The Balaban J connectivity index is 1.74. The monoisotopic (exact) mass is 229 g/mol. The smallest absolute Gasteiger partial charge is 0.145 e. The summed E-state index contributed by atoms with van der Waals surface area (Å²) in [5.74, 6) is 0.808. The van der Waals surface area contributed by atoms with Gasteiger partial charge in [0.1, 0.15) is 5.78 Å². The number of hydrogen-bond acceptors (Lipinski definition) is 3. The van der Waals surface area contributed by atoms with Crippen LogP contribution in [0.3, 0.4) is 0 Å². The summed E-state index contributed by atoms with van der Waals surface area (Å²) >= 11 is 0. The minimum atomic E-state index is -0.00214. The summed E-state index contributed by atoms with van der Waals surface area (Å²) in [5.41, 5.74) is 0.977. The molecule has 0 spiro atoms. The van der Waals surface area contributed by atoms with E-state index in [0.717, 1.165) is 25.0 Å². The fourth-order valence-electron chi connectivity index (χ4n) is 2.76. The molecule has 4 nitrogen and oxygen atoms in total. The molecule has 0 bridgehead atoms. The third kappa shape index (κ3) is 1.95. The number of nitrogens with one attached hydrogen (secondary N) is 1. The van der Waals surface area contributed by atoms with E-state index in [4.69, 9.17) is 0 Å². The number of fused-ring (bicyclic) bond motifs is 1. The number of Topliss-reactive ketones (excluding diaryl/α,β-unsaturated/α-hetero) is 1. The molecule has 3 rings (SSSR count). The van der Waals surface area contributed by atoms with Gasteiger partial charge in [-0.2, -0.15) is 0 Å². The molecule has 1 saturated carbocycles. The molecular formula is C13H15N3O. The van der Waals surface area contributed by atoms with E-state index in [0.29, 0.717) is 11.7 Å². The quantitative estimate of drug-likeness (QED) is 0.840. The second kappa shape index (κ2) is 4.28. The van der Waals surface area contributed by atoms with Crippen molar-refractivity contribution in [2.75, 3.05) is 0 Å². The van der Waals surface area contributed by atoms with E-state index in [1.807, 2.05) is 18.6 Å². The molecule has 1 fully saturated rings. The number of aromatic amines is 1. The summed E-state index contributed by atoms with van der Waals surface area (Å²) in [4.78, 5) is 23.5. The number of ketones is 1. The summed E-state index contributed by atoms with van der Waals surface area (Å²) in [5, 5.41) is 0. The Kier molecular flexibility index (Phi) is 2.63. The molecule has 17 heavy (non-hydrogen) atoms. The molecular weight excluding hydrogens is 214 g/mol. The predicted molar refractivity (Wildman–Crippen MR) is 64.6 cm³/mol. The van der Waals surface area contributed by atoms with Crippen LogP contribution in [0.25, 0.3) is 0 Å². The van der Waals surface area contributed by atoms with Crippen molar-refractivity contribution >= 4 is 12.0 Å². The third-order valence-corrected chi connectivity index (χ3v) is 3.72. The Hall–Kier alpha value is -1.71. The van der Waals surface area contributed by atoms with Crippen molar-refractivity contribution < 1.29 is 4.79 Å². The molecule has 1 aromatic rings. The molecule has 1 aromatic heterocycles. The molecule has 0 amide bonds. The number of aliphatic imine (C=N–C) groups is 1. The molecule has 3 atom stereocenters. The van der Waals surface area contributed by atoms with Crippen LogP contribution in [-0.4, -0.2) is 22.0 Å². The summed E-state index contributed by atoms with van der Waals surface area (Å²) in [6.07, 6.45) is 12.0. The molecule has 0 aromatic carbocycles. The van der Waals surface area contributed by atoms with E-state index in [1.54, 1.807) is 6.33 Å². The van der Waals surface area contributed by atoms with Crippen molar-refractivity contribution in [2.45, 2.75) is 19.3 Å². The van der Waals surface area contributed by atoms with Gasteiger partial charge in [0.05, 0.1) is 17.9 Å². The first-order chi connectivity index (χ1) is 8.34. The van der Waals surface area contributed by atoms with Crippen molar-refractivity contribution in [1.82, 2.24) is 9.97 Å². The Morgan fingerprint density at radius 1 is 1.41 bits per heavy atom. The molecule has 3 unspecified atom stereocenters. The molecule has 0 radical (unpaired) electrons. The lowest BCUT2D eigenvalue weighted by molar-refractivity contribution is -0.127. The van der Waals surface area contributed by atoms with Gasteiger partial charge in [0.15, 0.2) is 0 Å². The first-order valence-corrected chi connectivity index (χ1v) is 6.06. The molecule has 1 aliphatic carbocycles. The average molecular weight is 229 g/mol. The number of nitrogens with zero attached hydrogens (tertiary/aromatic N) is 2. The Bertz CT molecular complexity index is 461. The number of carbonyl (C=O) groups is 1. The first-order valence-electron chi connectivity index (χ1n) is 6.06.